The molecule has 1 saturated carbocycles. The molecule has 0 radical (unpaired) electrons. The summed E-state index contributed by atoms with van der Waals surface area (Å²) in [7, 11) is 0. The highest BCUT2D eigenvalue weighted by Gasteiger charge is 2.34. The number of hydrogen-bond donors (Lipinski definition) is 0. The normalized spacial score (nSPS) is 24.9. The fourth-order valence-corrected chi connectivity index (χ4v) is 2.70. The van der Waals surface area contributed by atoms with E-state index in [4.69, 9.17) is 0 Å². The monoisotopic (exact) mass is 317 g/mol. The molecule has 1 fully saturated rings. The minimum Gasteiger partial charge on any atom is -0.339 e. The van der Waals surface area contributed by atoms with Crippen molar-refractivity contribution in [2.24, 2.45) is 5.92 Å². The quantitative estimate of drug-likeness (QED) is 0.733. The number of carbonyl (C=O) groups is 1. The number of hydrogen-bond acceptors (Lipinski definition) is 1. The van der Waals surface area contributed by atoms with Gasteiger partial charge in [0.25, 0.3) is 0 Å². The molecule has 2 nitrogen and oxygen atoms in total. The summed E-state index contributed by atoms with van der Waals surface area (Å²) in [6.07, 6.45) is 9.54. The van der Waals surface area contributed by atoms with Crippen LogP contribution in [0.25, 0.3) is 0 Å². The lowest BCUT2D eigenvalue weighted by Crippen LogP contribution is -2.37. The molecule has 0 bridgehead atoms. The third-order valence-corrected chi connectivity index (χ3v) is 3.68. The van der Waals surface area contributed by atoms with Crippen molar-refractivity contribution in [1.82, 2.24) is 4.90 Å². The molecule has 0 saturated heterocycles. The van der Waals surface area contributed by atoms with E-state index in [1.165, 1.54) is 16.4 Å². The van der Waals surface area contributed by atoms with Crippen molar-refractivity contribution in [3.05, 3.63) is 21.8 Å². The SMILES string of the molecule is CCN(C(=O)C1C=C(I)C=CC1)C1CC1. The van der Waals surface area contributed by atoms with Gasteiger partial charge in [0.2, 0.25) is 5.91 Å². The molecule has 0 heterocycles. The van der Waals surface area contributed by atoms with Gasteiger partial charge in [0.05, 0.1) is 5.92 Å². The molecule has 0 spiro atoms. The highest BCUT2D eigenvalue weighted by atomic mass is 127. The Labute approximate surface area is 105 Å². The van der Waals surface area contributed by atoms with Crippen molar-refractivity contribution < 1.29 is 4.79 Å². The molecule has 0 N–H and O–H groups in total. The van der Waals surface area contributed by atoms with Crippen LogP contribution in [0.1, 0.15) is 26.2 Å². The van der Waals surface area contributed by atoms with E-state index < -0.39 is 0 Å². The van der Waals surface area contributed by atoms with E-state index in [1.807, 2.05) is 4.90 Å². The Morgan fingerprint density at radius 2 is 2.33 bits per heavy atom. The zero-order valence-electron chi connectivity index (χ0n) is 8.95. The zero-order chi connectivity index (χ0) is 10.8. The maximum atomic E-state index is 12.2. The molecule has 0 aliphatic heterocycles. The number of allylic oxidation sites excluding steroid dienone is 3. The van der Waals surface area contributed by atoms with E-state index in [9.17, 15) is 4.79 Å². The summed E-state index contributed by atoms with van der Waals surface area (Å²) in [5, 5.41) is 0. The van der Waals surface area contributed by atoms with Crippen molar-refractivity contribution in [2.45, 2.75) is 32.2 Å². The summed E-state index contributed by atoms with van der Waals surface area (Å²) in [4.78, 5) is 14.2. The lowest BCUT2D eigenvalue weighted by atomic mass is 9.99. The molecule has 1 amide bonds. The standard InChI is InChI=1S/C12H16INO/c1-2-14(11-6-7-11)12(15)9-4-3-5-10(13)8-9/h3,5,8-9,11H,2,4,6-7H2,1H3. The van der Waals surface area contributed by atoms with Gasteiger partial charge in [0.1, 0.15) is 0 Å². The topological polar surface area (TPSA) is 20.3 Å². The third kappa shape index (κ3) is 2.62. The van der Waals surface area contributed by atoms with Crippen molar-refractivity contribution in [2.75, 3.05) is 6.54 Å². The van der Waals surface area contributed by atoms with E-state index in [0.29, 0.717) is 11.9 Å². The summed E-state index contributed by atoms with van der Waals surface area (Å²) in [6, 6.07) is 0.541. The lowest BCUT2D eigenvalue weighted by Gasteiger charge is -2.25. The van der Waals surface area contributed by atoms with E-state index in [0.717, 1.165) is 13.0 Å². The van der Waals surface area contributed by atoms with Crippen LogP contribution in [0.4, 0.5) is 0 Å². The van der Waals surface area contributed by atoms with Crippen LogP contribution in [0.15, 0.2) is 21.8 Å². The smallest absolute Gasteiger partial charge is 0.230 e. The van der Waals surface area contributed by atoms with Crippen LogP contribution in [0.3, 0.4) is 0 Å². The van der Waals surface area contributed by atoms with Gasteiger partial charge >= 0.3 is 0 Å². The lowest BCUT2D eigenvalue weighted by molar-refractivity contribution is -0.134. The molecule has 0 aromatic rings. The number of halogens is 1. The predicted octanol–water partition coefficient (Wildman–Crippen LogP) is 2.89. The van der Waals surface area contributed by atoms with Gasteiger partial charge in [-0.15, -0.1) is 0 Å². The first kappa shape index (κ1) is 11.2. The molecule has 2 rings (SSSR count). The van der Waals surface area contributed by atoms with Gasteiger partial charge in [-0.3, -0.25) is 4.79 Å². The molecule has 2 aliphatic carbocycles. The van der Waals surface area contributed by atoms with Crippen LogP contribution in [-0.2, 0) is 4.79 Å². The maximum absolute atomic E-state index is 12.2. The molecular weight excluding hydrogens is 301 g/mol. The number of carbonyl (C=O) groups excluding carboxylic acids is 1. The Balaban J connectivity index is 2.03. The Morgan fingerprint density at radius 1 is 1.60 bits per heavy atom. The highest BCUT2D eigenvalue weighted by Crippen LogP contribution is 2.30. The average Bonchev–Trinajstić information content (AvgIpc) is 3.03. The first-order valence-electron chi connectivity index (χ1n) is 5.56. The Hall–Kier alpha value is -0.320. The fourth-order valence-electron chi connectivity index (χ4n) is 2.01. The number of nitrogens with zero attached hydrogens (tertiary/aromatic N) is 1. The number of amides is 1. The fraction of sp³-hybridized carbons (Fsp3) is 0.583. The Bertz CT molecular complexity index is 318. The van der Waals surface area contributed by atoms with Crippen LogP contribution < -0.4 is 0 Å². The van der Waals surface area contributed by atoms with Crippen molar-refractivity contribution in [3.63, 3.8) is 0 Å². The molecule has 15 heavy (non-hydrogen) atoms. The summed E-state index contributed by atoms with van der Waals surface area (Å²) < 4.78 is 1.18. The molecule has 1 unspecified atom stereocenters. The second-order valence-corrected chi connectivity index (χ2v) is 5.40. The van der Waals surface area contributed by atoms with Crippen molar-refractivity contribution >= 4 is 28.5 Å². The Morgan fingerprint density at radius 3 is 2.87 bits per heavy atom. The van der Waals surface area contributed by atoms with E-state index in [1.54, 1.807) is 0 Å². The van der Waals surface area contributed by atoms with Crippen LogP contribution in [0.5, 0.6) is 0 Å². The summed E-state index contributed by atoms with van der Waals surface area (Å²) in [5.74, 6) is 0.404. The summed E-state index contributed by atoms with van der Waals surface area (Å²) in [6.45, 7) is 2.93. The second-order valence-electron chi connectivity index (χ2n) is 4.15. The minimum atomic E-state index is 0.0856. The van der Waals surface area contributed by atoms with Gasteiger partial charge in [-0.2, -0.15) is 0 Å². The maximum Gasteiger partial charge on any atom is 0.230 e. The van der Waals surface area contributed by atoms with Crippen molar-refractivity contribution in [1.29, 1.82) is 0 Å². The average molecular weight is 317 g/mol. The molecule has 0 aromatic heterocycles. The van der Waals surface area contributed by atoms with Gasteiger partial charge < -0.3 is 4.90 Å². The first-order chi connectivity index (χ1) is 7.22. The van der Waals surface area contributed by atoms with Crippen LogP contribution in [-0.4, -0.2) is 23.4 Å². The van der Waals surface area contributed by atoms with Gasteiger partial charge in [-0.25, -0.2) is 0 Å². The van der Waals surface area contributed by atoms with Gasteiger partial charge in [0.15, 0.2) is 0 Å². The summed E-state index contributed by atoms with van der Waals surface area (Å²) >= 11 is 2.28. The summed E-state index contributed by atoms with van der Waals surface area (Å²) in [5.41, 5.74) is 0. The van der Waals surface area contributed by atoms with E-state index >= 15 is 0 Å². The van der Waals surface area contributed by atoms with Crippen molar-refractivity contribution in [3.8, 4) is 0 Å². The van der Waals surface area contributed by atoms with Crippen LogP contribution >= 0.6 is 22.6 Å². The first-order valence-corrected chi connectivity index (χ1v) is 6.64. The number of rotatable bonds is 3. The van der Waals surface area contributed by atoms with Gasteiger partial charge in [-0.1, -0.05) is 18.2 Å². The van der Waals surface area contributed by atoms with Gasteiger partial charge in [0, 0.05) is 16.2 Å². The molecule has 3 heteroatoms. The van der Waals surface area contributed by atoms with Crippen LogP contribution in [0.2, 0.25) is 0 Å². The highest BCUT2D eigenvalue weighted by molar-refractivity contribution is 14.1. The van der Waals surface area contributed by atoms with E-state index in [-0.39, 0.29) is 5.92 Å². The Kier molecular flexibility index (Phi) is 3.49. The molecular formula is C12H16INO. The minimum absolute atomic E-state index is 0.0856. The van der Waals surface area contributed by atoms with Crippen LogP contribution in [0, 0.1) is 5.92 Å². The molecule has 1 atom stereocenters. The molecule has 82 valence electrons. The zero-order valence-corrected chi connectivity index (χ0v) is 11.1. The second kappa shape index (κ2) is 4.68. The van der Waals surface area contributed by atoms with E-state index in [2.05, 4.69) is 47.7 Å². The molecule has 2 aliphatic rings. The van der Waals surface area contributed by atoms with Gasteiger partial charge in [-0.05, 0) is 48.8 Å². The molecule has 0 aromatic carbocycles. The largest absolute Gasteiger partial charge is 0.339 e. The third-order valence-electron chi connectivity index (χ3n) is 2.96. The predicted molar refractivity (Wildman–Crippen MR) is 69.8 cm³/mol.